The minimum absolute atomic E-state index is 0.0273. The summed E-state index contributed by atoms with van der Waals surface area (Å²) in [6.45, 7) is 1.87. The van der Waals surface area contributed by atoms with Crippen LogP contribution in [0.5, 0.6) is 0 Å². The van der Waals surface area contributed by atoms with Crippen LogP contribution in [-0.2, 0) is 20.7 Å². The van der Waals surface area contributed by atoms with Gasteiger partial charge in [-0.2, -0.15) is 0 Å². The van der Waals surface area contributed by atoms with Gasteiger partial charge in [-0.05, 0) is 19.1 Å². The molecule has 0 aromatic carbocycles. The van der Waals surface area contributed by atoms with Crippen LogP contribution in [0, 0.1) is 0 Å². The maximum atomic E-state index is 11.5. The Bertz CT molecular complexity index is 527. The van der Waals surface area contributed by atoms with Crippen molar-refractivity contribution < 1.29 is 14.3 Å². The van der Waals surface area contributed by atoms with Gasteiger partial charge >= 0.3 is 5.97 Å². The lowest BCUT2D eigenvalue weighted by molar-refractivity contribution is -0.153. The van der Waals surface area contributed by atoms with Gasteiger partial charge in [0.1, 0.15) is 5.65 Å². The van der Waals surface area contributed by atoms with Crippen molar-refractivity contribution in [2.45, 2.75) is 13.3 Å². The van der Waals surface area contributed by atoms with Crippen molar-refractivity contribution in [3.05, 3.63) is 36.3 Å². The number of Topliss-reactive ketones (excluding diaryl/α,β-unsaturated/α-hetero) is 1. The summed E-state index contributed by atoms with van der Waals surface area (Å²) in [7, 11) is 0. The van der Waals surface area contributed by atoms with Crippen molar-refractivity contribution in [2.24, 2.45) is 0 Å². The largest absolute Gasteiger partial charge is 0.460 e. The van der Waals surface area contributed by atoms with Crippen LogP contribution < -0.4 is 0 Å². The second kappa shape index (κ2) is 4.78. The number of pyridine rings is 1. The Morgan fingerprint density at radius 2 is 2.24 bits per heavy atom. The van der Waals surface area contributed by atoms with Crippen LogP contribution in [0.1, 0.15) is 12.6 Å². The van der Waals surface area contributed by atoms with Crippen molar-refractivity contribution in [1.29, 1.82) is 0 Å². The third-order valence-corrected chi connectivity index (χ3v) is 2.26. The molecule has 0 unspecified atom stereocenters. The first-order valence-corrected chi connectivity index (χ1v) is 5.33. The number of hydrogen-bond donors (Lipinski definition) is 0. The molecule has 0 aliphatic carbocycles. The first-order chi connectivity index (χ1) is 8.20. The molecule has 0 atom stereocenters. The Hall–Kier alpha value is -2.17. The fourth-order valence-electron chi connectivity index (χ4n) is 1.52. The van der Waals surface area contributed by atoms with Crippen molar-refractivity contribution in [3.8, 4) is 0 Å². The first-order valence-electron chi connectivity index (χ1n) is 5.33. The van der Waals surface area contributed by atoms with Crippen LogP contribution in [0.4, 0.5) is 0 Å². The second-order valence-electron chi connectivity index (χ2n) is 3.52. The molecule has 0 saturated carbocycles. The normalized spacial score (nSPS) is 10.4. The Kier molecular flexibility index (Phi) is 3.18. The molecule has 0 fully saturated rings. The highest BCUT2D eigenvalue weighted by Crippen LogP contribution is 2.05. The number of carbonyl (C=O) groups excluding carboxylic acids is 2. The van der Waals surface area contributed by atoms with E-state index in [1.54, 1.807) is 17.5 Å². The average molecular weight is 232 g/mol. The van der Waals surface area contributed by atoms with Gasteiger partial charge in [0, 0.05) is 12.4 Å². The van der Waals surface area contributed by atoms with Crippen LogP contribution in [0.25, 0.3) is 5.65 Å². The molecule has 0 bridgehead atoms. The predicted molar refractivity (Wildman–Crippen MR) is 60.5 cm³/mol. The molecule has 0 radical (unpaired) electrons. The standard InChI is InChI=1S/C12H12N2O3/c1-2-17-12(16)10(15)7-9-8-14-6-4-3-5-11(14)13-9/h3-6,8H,2,7H2,1H3. The van der Waals surface area contributed by atoms with E-state index in [4.69, 9.17) is 0 Å². The zero-order chi connectivity index (χ0) is 12.3. The summed E-state index contributed by atoms with van der Waals surface area (Å²) in [6.07, 6.45) is 3.54. The number of aromatic nitrogens is 2. The lowest BCUT2D eigenvalue weighted by Gasteiger charge is -1.97. The molecule has 17 heavy (non-hydrogen) atoms. The number of ketones is 1. The van der Waals surface area contributed by atoms with Gasteiger partial charge in [-0.25, -0.2) is 9.78 Å². The number of imidazole rings is 1. The SMILES string of the molecule is CCOC(=O)C(=O)Cc1cn2ccccc2n1. The number of esters is 1. The summed E-state index contributed by atoms with van der Waals surface area (Å²) in [5.41, 5.74) is 1.31. The van der Waals surface area contributed by atoms with E-state index in [0.717, 1.165) is 5.65 Å². The molecule has 5 heteroatoms. The fourth-order valence-corrected chi connectivity index (χ4v) is 1.52. The van der Waals surface area contributed by atoms with E-state index in [2.05, 4.69) is 9.72 Å². The Morgan fingerprint density at radius 1 is 1.41 bits per heavy atom. The van der Waals surface area contributed by atoms with Crippen LogP contribution >= 0.6 is 0 Å². The van der Waals surface area contributed by atoms with Crippen LogP contribution in [-0.4, -0.2) is 27.7 Å². The lowest BCUT2D eigenvalue weighted by Crippen LogP contribution is -2.19. The smallest absolute Gasteiger partial charge is 0.375 e. The number of nitrogens with zero attached hydrogens (tertiary/aromatic N) is 2. The fraction of sp³-hybridized carbons (Fsp3) is 0.250. The van der Waals surface area contributed by atoms with Crippen molar-refractivity contribution in [2.75, 3.05) is 6.61 Å². The van der Waals surface area contributed by atoms with Gasteiger partial charge in [0.05, 0.1) is 18.7 Å². The molecule has 88 valence electrons. The average Bonchev–Trinajstić information content (AvgIpc) is 2.71. The minimum Gasteiger partial charge on any atom is -0.460 e. The maximum absolute atomic E-state index is 11.5. The molecule has 0 aliphatic rings. The maximum Gasteiger partial charge on any atom is 0.375 e. The Labute approximate surface area is 98.0 Å². The predicted octanol–water partition coefficient (Wildman–Crippen LogP) is 1.01. The van der Waals surface area contributed by atoms with E-state index in [1.807, 2.05) is 24.4 Å². The molecule has 0 saturated heterocycles. The zero-order valence-corrected chi connectivity index (χ0v) is 9.42. The number of rotatable bonds is 4. The Balaban J connectivity index is 2.13. The number of hydrogen-bond acceptors (Lipinski definition) is 4. The molecule has 2 aromatic heterocycles. The number of carbonyl (C=O) groups is 2. The minimum atomic E-state index is -0.801. The van der Waals surface area contributed by atoms with Crippen molar-refractivity contribution in [1.82, 2.24) is 9.38 Å². The van der Waals surface area contributed by atoms with Crippen LogP contribution in [0.3, 0.4) is 0 Å². The third-order valence-electron chi connectivity index (χ3n) is 2.26. The summed E-state index contributed by atoms with van der Waals surface area (Å²) in [5.74, 6) is -1.38. The zero-order valence-electron chi connectivity index (χ0n) is 9.42. The van der Waals surface area contributed by atoms with E-state index < -0.39 is 11.8 Å². The van der Waals surface area contributed by atoms with E-state index in [-0.39, 0.29) is 13.0 Å². The second-order valence-corrected chi connectivity index (χ2v) is 3.52. The van der Waals surface area contributed by atoms with Crippen LogP contribution in [0.2, 0.25) is 0 Å². The van der Waals surface area contributed by atoms with Gasteiger partial charge in [-0.3, -0.25) is 4.79 Å². The van der Waals surface area contributed by atoms with E-state index in [0.29, 0.717) is 5.69 Å². The van der Waals surface area contributed by atoms with Gasteiger partial charge < -0.3 is 9.14 Å². The van der Waals surface area contributed by atoms with E-state index >= 15 is 0 Å². The van der Waals surface area contributed by atoms with Gasteiger partial charge in [0.15, 0.2) is 0 Å². The number of ether oxygens (including phenoxy) is 1. The first kappa shape index (κ1) is 11.3. The molecule has 0 N–H and O–H groups in total. The highest BCUT2D eigenvalue weighted by Gasteiger charge is 2.16. The van der Waals surface area contributed by atoms with E-state index in [1.165, 1.54) is 0 Å². The molecular formula is C12H12N2O3. The third kappa shape index (κ3) is 2.50. The highest BCUT2D eigenvalue weighted by molar-refractivity contribution is 6.34. The molecule has 2 aromatic rings. The van der Waals surface area contributed by atoms with E-state index in [9.17, 15) is 9.59 Å². The molecule has 0 amide bonds. The molecule has 2 rings (SSSR count). The summed E-state index contributed by atoms with van der Waals surface area (Å²) in [5, 5.41) is 0. The quantitative estimate of drug-likeness (QED) is 0.583. The van der Waals surface area contributed by atoms with Gasteiger partial charge in [-0.15, -0.1) is 0 Å². The summed E-state index contributed by atoms with van der Waals surface area (Å²) in [4.78, 5) is 26.8. The molecule has 2 heterocycles. The molecule has 0 aliphatic heterocycles. The van der Waals surface area contributed by atoms with Crippen LogP contribution in [0.15, 0.2) is 30.6 Å². The Morgan fingerprint density at radius 3 is 2.94 bits per heavy atom. The number of fused-ring (bicyclic) bond motifs is 1. The summed E-state index contributed by atoms with van der Waals surface area (Å²) >= 11 is 0. The highest BCUT2D eigenvalue weighted by atomic mass is 16.5. The van der Waals surface area contributed by atoms with Gasteiger partial charge in [-0.1, -0.05) is 6.07 Å². The summed E-state index contributed by atoms with van der Waals surface area (Å²) in [6, 6.07) is 5.56. The van der Waals surface area contributed by atoms with Gasteiger partial charge in [0.2, 0.25) is 5.78 Å². The lowest BCUT2D eigenvalue weighted by atomic mass is 10.2. The monoisotopic (exact) mass is 232 g/mol. The molecular weight excluding hydrogens is 220 g/mol. The van der Waals surface area contributed by atoms with Crippen molar-refractivity contribution in [3.63, 3.8) is 0 Å². The molecule has 0 spiro atoms. The van der Waals surface area contributed by atoms with Crippen molar-refractivity contribution >= 4 is 17.4 Å². The van der Waals surface area contributed by atoms with Gasteiger partial charge in [0.25, 0.3) is 0 Å². The molecule has 5 nitrogen and oxygen atoms in total. The topological polar surface area (TPSA) is 60.7 Å². The summed E-state index contributed by atoms with van der Waals surface area (Å²) < 4.78 is 6.43.